The van der Waals surface area contributed by atoms with Gasteiger partial charge in [-0.2, -0.15) is 0 Å². The summed E-state index contributed by atoms with van der Waals surface area (Å²) in [6.45, 7) is 7.51. The second-order valence-electron chi connectivity index (χ2n) is 3.84. The highest BCUT2D eigenvalue weighted by Crippen LogP contribution is 2.01. The zero-order valence-electron chi connectivity index (χ0n) is 8.89. The van der Waals surface area contributed by atoms with Gasteiger partial charge in [0.1, 0.15) is 5.78 Å². The minimum Gasteiger partial charge on any atom is -0.354 e. The molecule has 0 unspecified atom stereocenters. The van der Waals surface area contributed by atoms with Crippen LogP contribution in [-0.2, 0) is 9.59 Å². The van der Waals surface area contributed by atoms with Gasteiger partial charge < -0.3 is 5.32 Å². The lowest BCUT2D eigenvalue weighted by Crippen LogP contribution is -2.30. The van der Waals surface area contributed by atoms with Gasteiger partial charge in [0.05, 0.1) is 0 Å². The molecule has 1 N–H and O–H groups in total. The van der Waals surface area contributed by atoms with Crippen LogP contribution in [-0.4, -0.2) is 17.7 Å². The molecule has 0 spiro atoms. The van der Waals surface area contributed by atoms with E-state index in [1.807, 2.05) is 27.7 Å². The van der Waals surface area contributed by atoms with Gasteiger partial charge in [-0.1, -0.05) is 13.8 Å². The number of hydrogen-bond donors (Lipinski definition) is 1. The average molecular weight is 185 g/mol. The van der Waals surface area contributed by atoms with Gasteiger partial charge in [-0.3, -0.25) is 9.59 Å². The largest absolute Gasteiger partial charge is 0.354 e. The van der Waals surface area contributed by atoms with E-state index in [4.69, 9.17) is 0 Å². The maximum atomic E-state index is 11.2. The van der Waals surface area contributed by atoms with Gasteiger partial charge in [0.25, 0.3) is 0 Å². The van der Waals surface area contributed by atoms with Crippen LogP contribution < -0.4 is 5.32 Å². The predicted molar refractivity (Wildman–Crippen MR) is 52.4 cm³/mol. The number of Topliss-reactive ketones (excluding diaryl/α,β-unsaturated/α-hetero) is 1. The van der Waals surface area contributed by atoms with E-state index >= 15 is 0 Å². The molecule has 0 aromatic rings. The van der Waals surface area contributed by atoms with Gasteiger partial charge in [-0.05, 0) is 13.8 Å². The number of amides is 1. The molecular weight excluding hydrogens is 166 g/mol. The lowest BCUT2D eigenvalue weighted by atomic mass is 10.0. The van der Waals surface area contributed by atoms with Crippen LogP contribution in [0.15, 0.2) is 0 Å². The normalized spacial score (nSPS) is 10.6. The second-order valence-corrected chi connectivity index (χ2v) is 3.84. The van der Waals surface area contributed by atoms with Crippen LogP contribution >= 0.6 is 0 Å². The van der Waals surface area contributed by atoms with Crippen LogP contribution in [0.1, 0.15) is 40.5 Å². The maximum Gasteiger partial charge on any atom is 0.220 e. The molecule has 0 aliphatic heterocycles. The van der Waals surface area contributed by atoms with Crippen molar-refractivity contribution < 1.29 is 9.59 Å². The van der Waals surface area contributed by atoms with E-state index in [0.717, 1.165) is 0 Å². The van der Waals surface area contributed by atoms with E-state index in [0.29, 0.717) is 12.8 Å². The average Bonchev–Trinajstić information content (AvgIpc) is 1.98. The number of carbonyl (C=O) groups is 2. The molecule has 0 aliphatic carbocycles. The lowest BCUT2D eigenvalue weighted by molar-refractivity contribution is -0.127. The molecule has 0 rings (SSSR count). The zero-order valence-corrected chi connectivity index (χ0v) is 8.89. The third-order valence-electron chi connectivity index (χ3n) is 1.69. The fourth-order valence-electron chi connectivity index (χ4n) is 0.920. The van der Waals surface area contributed by atoms with Crippen molar-refractivity contribution in [3.05, 3.63) is 0 Å². The Hall–Kier alpha value is -0.860. The van der Waals surface area contributed by atoms with Crippen molar-refractivity contribution in [3.63, 3.8) is 0 Å². The Balaban J connectivity index is 3.64. The summed E-state index contributed by atoms with van der Waals surface area (Å²) in [6.07, 6.45) is 0.672. The fourth-order valence-corrected chi connectivity index (χ4v) is 0.920. The monoisotopic (exact) mass is 185 g/mol. The quantitative estimate of drug-likeness (QED) is 0.705. The van der Waals surface area contributed by atoms with Gasteiger partial charge in [0.15, 0.2) is 0 Å². The Morgan fingerprint density at radius 2 is 1.62 bits per heavy atom. The Labute approximate surface area is 79.9 Å². The van der Waals surface area contributed by atoms with Gasteiger partial charge in [-0.15, -0.1) is 0 Å². The molecule has 3 heteroatoms. The van der Waals surface area contributed by atoms with Crippen molar-refractivity contribution in [1.82, 2.24) is 5.32 Å². The molecule has 0 saturated heterocycles. The molecule has 0 atom stereocenters. The fraction of sp³-hybridized carbons (Fsp3) is 0.800. The summed E-state index contributed by atoms with van der Waals surface area (Å²) < 4.78 is 0. The number of rotatable bonds is 5. The molecule has 13 heavy (non-hydrogen) atoms. The molecule has 76 valence electrons. The molecule has 0 aliphatic rings. The van der Waals surface area contributed by atoms with Crippen LogP contribution in [0.5, 0.6) is 0 Å². The molecule has 1 amide bonds. The van der Waals surface area contributed by atoms with Crippen molar-refractivity contribution in [1.29, 1.82) is 0 Å². The number of hydrogen-bond acceptors (Lipinski definition) is 2. The van der Waals surface area contributed by atoms with Crippen LogP contribution in [0.25, 0.3) is 0 Å². The molecule has 0 bridgehead atoms. The summed E-state index contributed by atoms with van der Waals surface area (Å²) in [4.78, 5) is 22.3. The van der Waals surface area contributed by atoms with Gasteiger partial charge in [-0.25, -0.2) is 0 Å². The Bertz CT molecular complexity index is 185. The van der Waals surface area contributed by atoms with E-state index < -0.39 is 0 Å². The topological polar surface area (TPSA) is 46.2 Å². The van der Waals surface area contributed by atoms with Crippen LogP contribution in [0, 0.1) is 5.92 Å². The molecule has 0 radical (unpaired) electrons. The van der Waals surface area contributed by atoms with Crippen LogP contribution in [0.3, 0.4) is 0 Å². The van der Waals surface area contributed by atoms with Gasteiger partial charge in [0.2, 0.25) is 5.91 Å². The van der Waals surface area contributed by atoms with Crippen molar-refractivity contribution in [3.8, 4) is 0 Å². The first kappa shape index (κ1) is 12.1. The zero-order chi connectivity index (χ0) is 10.4. The SMILES string of the molecule is CC(C)NC(=O)CCC(=O)C(C)C. The first-order chi connectivity index (χ1) is 5.93. The third kappa shape index (κ3) is 6.31. The number of ketones is 1. The van der Waals surface area contributed by atoms with E-state index in [-0.39, 0.29) is 23.7 Å². The van der Waals surface area contributed by atoms with Crippen molar-refractivity contribution in [2.24, 2.45) is 5.92 Å². The van der Waals surface area contributed by atoms with Crippen LogP contribution in [0.2, 0.25) is 0 Å². The van der Waals surface area contributed by atoms with E-state index in [9.17, 15) is 9.59 Å². The summed E-state index contributed by atoms with van der Waals surface area (Å²) in [6, 6.07) is 0.154. The van der Waals surface area contributed by atoms with Crippen molar-refractivity contribution >= 4 is 11.7 Å². The van der Waals surface area contributed by atoms with Crippen molar-refractivity contribution in [2.75, 3.05) is 0 Å². The van der Waals surface area contributed by atoms with Gasteiger partial charge in [0, 0.05) is 24.8 Å². The summed E-state index contributed by atoms with van der Waals surface area (Å²) in [7, 11) is 0. The molecule has 3 nitrogen and oxygen atoms in total. The first-order valence-electron chi connectivity index (χ1n) is 4.75. The molecule has 0 saturated carbocycles. The van der Waals surface area contributed by atoms with E-state index in [1.165, 1.54) is 0 Å². The highest BCUT2D eigenvalue weighted by molar-refractivity contribution is 5.85. The minimum atomic E-state index is -0.0380. The standard InChI is InChI=1S/C10H19NO2/c1-7(2)9(12)5-6-10(13)11-8(3)4/h7-8H,5-6H2,1-4H3,(H,11,13). The summed E-state index contributed by atoms with van der Waals surface area (Å²) in [5.41, 5.74) is 0. The van der Waals surface area contributed by atoms with E-state index in [1.54, 1.807) is 0 Å². The predicted octanol–water partition coefficient (Wildman–Crippen LogP) is 1.52. The molecule has 0 fully saturated rings. The second kappa shape index (κ2) is 5.73. The Kier molecular flexibility index (Phi) is 5.35. The minimum absolute atomic E-state index is 0.0341. The Morgan fingerprint density at radius 3 is 2.00 bits per heavy atom. The summed E-state index contributed by atoms with van der Waals surface area (Å²) in [5.74, 6) is 0.148. The van der Waals surface area contributed by atoms with Crippen molar-refractivity contribution in [2.45, 2.75) is 46.6 Å². The number of carbonyl (C=O) groups excluding carboxylic acids is 2. The smallest absolute Gasteiger partial charge is 0.220 e. The maximum absolute atomic E-state index is 11.2. The summed E-state index contributed by atoms with van der Waals surface area (Å²) >= 11 is 0. The summed E-state index contributed by atoms with van der Waals surface area (Å²) in [5, 5.41) is 2.75. The van der Waals surface area contributed by atoms with E-state index in [2.05, 4.69) is 5.32 Å². The number of nitrogens with one attached hydrogen (secondary N) is 1. The molecule has 0 heterocycles. The molecule has 0 aromatic carbocycles. The highest BCUT2D eigenvalue weighted by Gasteiger charge is 2.10. The Morgan fingerprint density at radius 1 is 1.08 bits per heavy atom. The third-order valence-corrected chi connectivity index (χ3v) is 1.69. The molecule has 0 aromatic heterocycles. The highest BCUT2D eigenvalue weighted by atomic mass is 16.2. The van der Waals surface area contributed by atoms with Crippen LogP contribution in [0.4, 0.5) is 0 Å². The van der Waals surface area contributed by atoms with Gasteiger partial charge >= 0.3 is 0 Å². The lowest BCUT2D eigenvalue weighted by Gasteiger charge is -2.08. The molecular formula is C10H19NO2. The first-order valence-corrected chi connectivity index (χ1v) is 4.75.